The van der Waals surface area contributed by atoms with E-state index in [1.165, 1.54) is 12.1 Å². The van der Waals surface area contributed by atoms with Gasteiger partial charge in [0.05, 0.1) is 12.6 Å². The molecule has 1 aromatic heterocycles. The van der Waals surface area contributed by atoms with Crippen LogP contribution in [0.25, 0.3) is 0 Å². The zero-order valence-electron chi connectivity index (χ0n) is 10.2. The van der Waals surface area contributed by atoms with Crippen LogP contribution in [0.3, 0.4) is 0 Å². The van der Waals surface area contributed by atoms with Gasteiger partial charge in [-0.3, -0.25) is 4.79 Å². The average Bonchev–Trinajstić information content (AvgIpc) is 2.88. The second kappa shape index (κ2) is 4.78. The van der Waals surface area contributed by atoms with Crippen LogP contribution in [-0.2, 0) is 6.54 Å². The molecule has 0 spiro atoms. The molecule has 0 aliphatic carbocycles. The SMILES string of the molecule is O=c1ccn(CC(O)c2ccc3c(c2)OCO3)cc1. The number of hydrogen-bond acceptors (Lipinski definition) is 4. The third-order valence-corrected chi connectivity index (χ3v) is 3.03. The van der Waals surface area contributed by atoms with Crippen LogP contribution in [0.1, 0.15) is 11.7 Å². The molecule has 2 aromatic rings. The molecule has 5 heteroatoms. The number of pyridine rings is 1. The third-order valence-electron chi connectivity index (χ3n) is 3.03. The Morgan fingerprint density at radius 2 is 1.89 bits per heavy atom. The Hall–Kier alpha value is -2.27. The largest absolute Gasteiger partial charge is 0.454 e. The highest BCUT2D eigenvalue weighted by Gasteiger charge is 2.16. The number of hydrogen-bond donors (Lipinski definition) is 1. The van der Waals surface area contributed by atoms with Crippen LogP contribution in [0.5, 0.6) is 11.5 Å². The standard InChI is InChI=1S/C14H13NO4/c16-11-3-5-15(6-4-11)8-12(17)10-1-2-13-14(7-10)19-9-18-13/h1-7,12,17H,8-9H2. The molecule has 3 rings (SSSR count). The predicted molar refractivity (Wildman–Crippen MR) is 68.2 cm³/mol. The van der Waals surface area contributed by atoms with Crippen molar-refractivity contribution in [1.29, 1.82) is 0 Å². The molecule has 0 amide bonds. The molecule has 1 atom stereocenters. The summed E-state index contributed by atoms with van der Waals surface area (Å²) < 4.78 is 12.3. The van der Waals surface area contributed by atoms with Gasteiger partial charge >= 0.3 is 0 Å². The number of aromatic nitrogens is 1. The maximum Gasteiger partial charge on any atom is 0.231 e. The fourth-order valence-electron chi connectivity index (χ4n) is 1.99. The molecule has 19 heavy (non-hydrogen) atoms. The van der Waals surface area contributed by atoms with Gasteiger partial charge in [-0.2, -0.15) is 0 Å². The Labute approximate surface area is 109 Å². The van der Waals surface area contributed by atoms with Gasteiger partial charge in [-0.15, -0.1) is 0 Å². The van der Waals surface area contributed by atoms with Crippen LogP contribution >= 0.6 is 0 Å². The summed E-state index contributed by atoms with van der Waals surface area (Å²) in [5.74, 6) is 1.34. The minimum absolute atomic E-state index is 0.0474. The Morgan fingerprint density at radius 1 is 1.16 bits per heavy atom. The van der Waals surface area contributed by atoms with Crippen LogP contribution in [0.4, 0.5) is 0 Å². The van der Waals surface area contributed by atoms with Crippen LogP contribution in [0, 0.1) is 0 Å². The first kappa shape index (κ1) is 11.8. The molecule has 1 aromatic carbocycles. The van der Waals surface area contributed by atoms with E-state index in [4.69, 9.17) is 9.47 Å². The lowest BCUT2D eigenvalue weighted by Gasteiger charge is -2.13. The van der Waals surface area contributed by atoms with Crippen molar-refractivity contribution >= 4 is 0 Å². The fourth-order valence-corrected chi connectivity index (χ4v) is 1.99. The first-order valence-electron chi connectivity index (χ1n) is 5.96. The van der Waals surface area contributed by atoms with Gasteiger partial charge in [0, 0.05) is 24.5 Å². The number of aliphatic hydroxyl groups excluding tert-OH is 1. The normalized spacial score (nSPS) is 14.4. The number of benzene rings is 1. The van der Waals surface area contributed by atoms with Crippen molar-refractivity contribution in [3.05, 3.63) is 58.5 Å². The summed E-state index contributed by atoms with van der Waals surface area (Å²) >= 11 is 0. The van der Waals surface area contributed by atoms with Gasteiger partial charge in [0.1, 0.15) is 0 Å². The molecule has 0 bridgehead atoms. The molecule has 98 valence electrons. The summed E-state index contributed by atoms with van der Waals surface area (Å²) in [6.45, 7) is 0.592. The minimum atomic E-state index is -0.669. The summed E-state index contributed by atoms with van der Waals surface area (Å²) in [5, 5.41) is 10.2. The highest BCUT2D eigenvalue weighted by molar-refractivity contribution is 5.45. The van der Waals surface area contributed by atoms with Gasteiger partial charge in [0.2, 0.25) is 6.79 Å². The topological polar surface area (TPSA) is 60.7 Å². The van der Waals surface area contributed by atoms with Crippen molar-refractivity contribution in [3.63, 3.8) is 0 Å². The molecule has 0 saturated heterocycles. The highest BCUT2D eigenvalue weighted by atomic mass is 16.7. The third kappa shape index (κ3) is 2.46. The summed E-state index contributed by atoms with van der Waals surface area (Å²) in [6.07, 6.45) is 2.63. The van der Waals surface area contributed by atoms with E-state index in [1.807, 2.05) is 0 Å². The van der Waals surface area contributed by atoms with Crippen molar-refractivity contribution < 1.29 is 14.6 Å². The molecule has 2 heterocycles. The van der Waals surface area contributed by atoms with Gasteiger partial charge < -0.3 is 19.1 Å². The summed E-state index contributed by atoms with van der Waals surface area (Å²) in [4.78, 5) is 11.0. The lowest BCUT2D eigenvalue weighted by atomic mass is 10.1. The molecule has 1 N–H and O–H groups in total. The van der Waals surface area contributed by atoms with E-state index in [-0.39, 0.29) is 12.2 Å². The van der Waals surface area contributed by atoms with E-state index in [9.17, 15) is 9.90 Å². The van der Waals surface area contributed by atoms with E-state index < -0.39 is 6.10 Å². The summed E-state index contributed by atoms with van der Waals surface area (Å²) in [7, 11) is 0. The van der Waals surface area contributed by atoms with Crippen LogP contribution in [0.2, 0.25) is 0 Å². The number of nitrogens with zero attached hydrogens (tertiary/aromatic N) is 1. The monoisotopic (exact) mass is 259 g/mol. The van der Waals surface area contributed by atoms with Gasteiger partial charge in [0.15, 0.2) is 16.9 Å². The number of rotatable bonds is 3. The summed E-state index contributed by atoms with van der Waals surface area (Å²) in [5.41, 5.74) is 0.705. The van der Waals surface area contributed by atoms with Crippen molar-refractivity contribution in [1.82, 2.24) is 4.57 Å². The van der Waals surface area contributed by atoms with Gasteiger partial charge in [-0.1, -0.05) is 6.07 Å². The molecule has 1 aliphatic heterocycles. The second-order valence-corrected chi connectivity index (χ2v) is 4.36. The Kier molecular flexibility index (Phi) is 2.97. The van der Waals surface area contributed by atoms with E-state index in [1.54, 1.807) is 35.2 Å². The van der Waals surface area contributed by atoms with Gasteiger partial charge in [0.25, 0.3) is 0 Å². The van der Waals surface area contributed by atoms with E-state index in [2.05, 4.69) is 0 Å². The molecule has 1 unspecified atom stereocenters. The Bertz CT molecular complexity index is 630. The molecule has 0 fully saturated rings. The predicted octanol–water partition coefficient (Wildman–Crippen LogP) is 1.31. The molecule has 5 nitrogen and oxygen atoms in total. The maximum absolute atomic E-state index is 11.0. The van der Waals surface area contributed by atoms with E-state index in [0.717, 1.165) is 5.56 Å². The second-order valence-electron chi connectivity index (χ2n) is 4.36. The van der Waals surface area contributed by atoms with Crippen molar-refractivity contribution in [2.45, 2.75) is 12.6 Å². The zero-order valence-corrected chi connectivity index (χ0v) is 10.2. The molecule has 0 radical (unpaired) electrons. The van der Waals surface area contributed by atoms with Gasteiger partial charge in [-0.05, 0) is 17.7 Å². The van der Waals surface area contributed by atoms with Crippen molar-refractivity contribution in [2.75, 3.05) is 6.79 Å². The smallest absolute Gasteiger partial charge is 0.231 e. The van der Waals surface area contributed by atoms with Crippen molar-refractivity contribution in [3.8, 4) is 11.5 Å². The van der Waals surface area contributed by atoms with Crippen LogP contribution in [-0.4, -0.2) is 16.5 Å². The first-order chi connectivity index (χ1) is 9.22. The zero-order chi connectivity index (χ0) is 13.2. The van der Waals surface area contributed by atoms with Crippen LogP contribution in [0.15, 0.2) is 47.5 Å². The molecular weight excluding hydrogens is 246 g/mol. The van der Waals surface area contributed by atoms with E-state index in [0.29, 0.717) is 18.0 Å². The highest BCUT2D eigenvalue weighted by Crippen LogP contribution is 2.34. The average molecular weight is 259 g/mol. The number of fused-ring (bicyclic) bond motifs is 1. The molecule has 1 aliphatic rings. The Balaban J connectivity index is 1.78. The molecule has 0 saturated carbocycles. The van der Waals surface area contributed by atoms with Crippen molar-refractivity contribution in [2.24, 2.45) is 0 Å². The minimum Gasteiger partial charge on any atom is -0.454 e. The van der Waals surface area contributed by atoms with E-state index >= 15 is 0 Å². The number of ether oxygens (including phenoxy) is 2. The number of aliphatic hydroxyl groups is 1. The maximum atomic E-state index is 11.0. The fraction of sp³-hybridized carbons (Fsp3) is 0.214. The quantitative estimate of drug-likeness (QED) is 0.902. The molecular formula is C14H13NO4. The Morgan fingerprint density at radius 3 is 2.68 bits per heavy atom. The summed E-state index contributed by atoms with van der Waals surface area (Å²) in [6, 6.07) is 8.29. The van der Waals surface area contributed by atoms with Crippen LogP contribution < -0.4 is 14.9 Å². The van der Waals surface area contributed by atoms with Gasteiger partial charge in [-0.25, -0.2) is 0 Å². The lowest BCUT2D eigenvalue weighted by Crippen LogP contribution is -2.10. The lowest BCUT2D eigenvalue weighted by molar-refractivity contribution is 0.155. The first-order valence-corrected chi connectivity index (χ1v) is 5.96.